The van der Waals surface area contributed by atoms with Gasteiger partial charge in [0.15, 0.2) is 12.4 Å². The predicted molar refractivity (Wildman–Crippen MR) is 63.2 cm³/mol. The summed E-state index contributed by atoms with van der Waals surface area (Å²) in [7, 11) is 0. The van der Waals surface area contributed by atoms with Crippen LogP contribution in [0.2, 0.25) is 0 Å². The number of hydrogen-bond donors (Lipinski definition) is 1. The van der Waals surface area contributed by atoms with Crippen molar-refractivity contribution >= 4 is 23.3 Å². The maximum absolute atomic E-state index is 11.7. The highest BCUT2D eigenvalue weighted by Gasteiger charge is 2.33. The van der Waals surface area contributed by atoms with Crippen LogP contribution in [-0.4, -0.2) is 34.6 Å². The minimum atomic E-state index is -1.17. The Labute approximate surface area is 107 Å². The molecule has 1 aromatic carbocycles. The van der Waals surface area contributed by atoms with E-state index in [1.807, 2.05) is 0 Å². The van der Waals surface area contributed by atoms with E-state index in [-0.39, 0.29) is 23.7 Å². The quantitative estimate of drug-likeness (QED) is 0.639. The summed E-state index contributed by atoms with van der Waals surface area (Å²) in [6.45, 7) is 1.02. The van der Waals surface area contributed by atoms with Gasteiger partial charge in [-0.25, -0.2) is 4.79 Å². The molecule has 0 saturated carbocycles. The molecule has 8 nitrogen and oxygen atoms in total. The lowest BCUT2D eigenvalue weighted by Gasteiger charge is -2.31. The van der Waals surface area contributed by atoms with Crippen molar-refractivity contribution in [3.8, 4) is 5.75 Å². The topological polar surface area (TPSA) is 110 Å². The van der Waals surface area contributed by atoms with Gasteiger partial charge in [0, 0.05) is 6.07 Å². The lowest BCUT2D eigenvalue weighted by Crippen LogP contribution is -2.48. The average molecular weight is 266 g/mol. The van der Waals surface area contributed by atoms with Crippen molar-refractivity contribution in [1.29, 1.82) is 0 Å². The summed E-state index contributed by atoms with van der Waals surface area (Å²) in [5.41, 5.74) is 0.0350. The third-order valence-corrected chi connectivity index (χ3v) is 2.78. The summed E-state index contributed by atoms with van der Waals surface area (Å²) < 4.78 is 5.10. The van der Waals surface area contributed by atoms with Gasteiger partial charge in [0.25, 0.3) is 11.6 Å². The van der Waals surface area contributed by atoms with E-state index in [1.54, 1.807) is 0 Å². The molecule has 19 heavy (non-hydrogen) atoms. The van der Waals surface area contributed by atoms with Gasteiger partial charge in [-0.3, -0.25) is 19.8 Å². The normalized spacial score (nSPS) is 15.4. The number of amides is 1. The zero-order valence-corrected chi connectivity index (χ0v) is 9.90. The van der Waals surface area contributed by atoms with Crippen LogP contribution in [0.4, 0.5) is 11.4 Å². The van der Waals surface area contributed by atoms with E-state index >= 15 is 0 Å². The number of nitro groups is 1. The first-order valence-corrected chi connectivity index (χ1v) is 5.38. The van der Waals surface area contributed by atoms with Gasteiger partial charge in [-0.15, -0.1) is 0 Å². The van der Waals surface area contributed by atoms with Gasteiger partial charge in [-0.1, -0.05) is 0 Å². The van der Waals surface area contributed by atoms with E-state index in [0.717, 1.165) is 4.90 Å². The smallest absolute Gasteiger partial charge is 0.326 e. The average Bonchev–Trinajstić information content (AvgIpc) is 2.37. The number of nitro benzene ring substituents is 1. The monoisotopic (exact) mass is 266 g/mol. The summed E-state index contributed by atoms with van der Waals surface area (Å²) in [6.07, 6.45) is 0. The summed E-state index contributed by atoms with van der Waals surface area (Å²) in [6, 6.07) is 2.60. The molecular formula is C11H10N2O6. The zero-order chi connectivity index (χ0) is 14.2. The number of nitrogens with zero attached hydrogens (tertiary/aromatic N) is 2. The highest BCUT2D eigenvalue weighted by molar-refractivity contribution is 6.02. The van der Waals surface area contributed by atoms with E-state index in [1.165, 1.54) is 25.1 Å². The third-order valence-electron chi connectivity index (χ3n) is 2.78. The number of non-ortho nitro benzene ring substituents is 1. The number of hydrogen-bond acceptors (Lipinski definition) is 5. The summed E-state index contributed by atoms with van der Waals surface area (Å²) in [5, 5.41) is 19.6. The van der Waals surface area contributed by atoms with Crippen molar-refractivity contribution in [3.05, 3.63) is 28.3 Å². The second-order valence-electron chi connectivity index (χ2n) is 3.98. The molecule has 1 unspecified atom stereocenters. The van der Waals surface area contributed by atoms with Crippen molar-refractivity contribution in [3.63, 3.8) is 0 Å². The fraction of sp³-hybridized carbons (Fsp3) is 0.273. The summed E-state index contributed by atoms with van der Waals surface area (Å²) >= 11 is 0. The third kappa shape index (κ3) is 2.19. The van der Waals surface area contributed by atoms with Gasteiger partial charge in [0.05, 0.1) is 16.7 Å². The molecule has 100 valence electrons. The second-order valence-corrected chi connectivity index (χ2v) is 3.98. The lowest BCUT2D eigenvalue weighted by molar-refractivity contribution is -0.384. The Hall–Kier alpha value is -2.64. The molecule has 1 N–H and O–H groups in total. The van der Waals surface area contributed by atoms with Crippen molar-refractivity contribution in [2.75, 3.05) is 11.5 Å². The van der Waals surface area contributed by atoms with Gasteiger partial charge < -0.3 is 9.84 Å². The second kappa shape index (κ2) is 4.56. The van der Waals surface area contributed by atoms with Crippen LogP contribution in [0.1, 0.15) is 6.92 Å². The molecule has 1 aliphatic rings. The number of rotatable bonds is 3. The maximum Gasteiger partial charge on any atom is 0.326 e. The minimum absolute atomic E-state index is 0.127. The number of carbonyl (C=O) groups is 2. The molecule has 1 atom stereocenters. The van der Waals surface area contributed by atoms with Crippen LogP contribution in [0.5, 0.6) is 5.75 Å². The molecule has 8 heteroatoms. The molecule has 0 spiro atoms. The van der Waals surface area contributed by atoms with Gasteiger partial charge >= 0.3 is 5.97 Å². The largest absolute Gasteiger partial charge is 0.481 e. The van der Waals surface area contributed by atoms with Gasteiger partial charge in [0.2, 0.25) is 0 Å². The first-order chi connectivity index (χ1) is 8.91. The number of carbonyl (C=O) groups excluding carboxylic acids is 1. The van der Waals surface area contributed by atoms with Crippen molar-refractivity contribution < 1.29 is 24.4 Å². The molecule has 1 amide bonds. The molecule has 0 radical (unpaired) electrons. The van der Waals surface area contributed by atoms with E-state index in [9.17, 15) is 19.7 Å². The fourth-order valence-corrected chi connectivity index (χ4v) is 1.81. The maximum atomic E-state index is 11.7. The van der Waals surface area contributed by atoms with E-state index < -0.39 is 22.8 Å². The number of anilines is 1. The van der Waals surface area contributed by atoms with Gasteiger partial charge in [-0.2, -0.15) is 0 Å². The summed E-state index contributed by atoms with van der Waals surface area (Å²) in [5.74, 6) is -1.54. The first-order valence-electron chi connectivity index (χ1n) is 5.38. The standard InChI is InChI=1S/C11H10N2O6/c1-6(11(15)16)12-8-3-2-7(13(17)18)4-9(8)19-5-10(12)14/h2-4,6H,5H2,1H3,(H,15,16). The molecule has 0 aliphatic carbocycles. The Balaban J connectivity index is 2.48. The van der Waals surface area contributed by atoms with Crippen LogP contribution < -0.4 is 9.64 Å². The van der Waals surface area contributed by atoms with Crippen molar-refractivity contribution in [1.82, 2.24) is 0 Å². The van der Waals surface area contributed by atoms with Gasteiger partial charge in [-0.05, 0) is 13.0 Å². The molecule has 0 bridgehead atoms. The molecule has 0 saturated heterocycles. The van der Waals surface area contributed by atoms with Crippen LogP contribution in [0.25, 0.3) is 0 Å². The van der Waals surface area contributed by atoms with Crippen molar-refractivity contribution in [2.45, 2.75) is 13.0 Å². The molecule has 0 aromatic heterocycles. The molecule has 1 heterocycles. The number of aliphatic carboxylic acids is 1. The molecule has 1 aromatic rings. The van der Waals surface area contributed by atoms with E-state index in [2.05, 4.69) is 0 Å². The van der Waals surface area contributed by atoms with Crippen molar-refractivity contribution in [2.24, 2.45) is 0 Å². The Kier molecular flexibility index (Phi) is 3.07. The Bertz CT molecular complexity index is 570. The Morgan fingerprint density at radius 2 is 2.26 bits per heavy atom. The summed E-state index contributed by atoms with van der Waals surface area (Å²) in [4.78, 5) is 33.8. The predicted octanol–water partition coefficient (Wildman–Crippen LogP) is 0.793. The number of carboxylic acids is 1. The number of carboxylic acid groups (broad SMARTS) is 1. The first kappa shape index (κ1) is 12.8. The molecule has 1 aliphatic heterocycles. The Morgan fingerprint density at radius 1 is 1.58 bits per heavy atom. The number of benzene rings is 1. The lowest BCUT2D eigenvalue weighted by atomic mass is 10.1. The Morgan fingerprint density at radius 3 is 2.84 bits per heavy atom. The minimum Gasteiger partial charge on any atom is -0.481 e. The zero-order valence-electron chi connectivity index (χ0n) is 9.90. The van der Waals surface area contributed by atoms with Crippen LogP contribution in [0, 0.1) is 10.1 Å². The van der Waals surface area contributed by atoms with Crippen LogP contribution in [0.3, 0.4) is 0 Å². The molecular weight excluding hydrogens is 256 g/mol. The van der Waals surface area contributed by atoms with E-state index in [4.69, 9.17) is 9.84 Å². The van der Waals surface area contributed by atoms with Crippen LogP contribution in [-0.2, 0) is 9.59 Å². The number of fused-ring (bicyclic) bond motifs is 1. The highest BCUT2D eigenvalue weighted by atomic mass is 16.6. The van der Waals surface area contributed by atoms with Crippen LogP contribution in [0.15, 0.2) is 18.2 Å². The molecule has 2 rings (SSSR count). The van der Waals surface area contributed by atoms with E-state index in [0.29, 0.717) is 0 Å². The highest BCUT2D eigenvalue weighted by Crippen LogP contribution is 2.36. The van der Waals surface area contributed by atoms with Crippen LogP contribution >= 0.6 is 0 Å². The SMILES string of the molecule is CC(C(=O)O)N1C(=O)COc2cc([N+](=O)[O-])ccc21. The number of ether oxygens (including phenoxy) is 1. The van der Waals surface area contributed by atoms with Gasteiger partial charge in [0.1, 0.15) is 6.04 Å². The fourth-order valence-electron chi connectivity index (χ4n) is 1.81. The molecule has 0 fully saturated rings.